The molecule has 0 saturated heterocycles. The Balaban J connectivity index is 4.61. The molecule has 2 heteroatoms. The van der Waals surface area contributed by atoms with Crippen LogP contribution in [0, 0.1) is 5.41 Å². The number of hydrogen-bond acceptors (Lipinski definition) is 2. The Labute approximate surface area is 93.7 Å². The number of esters is 1. The van der Waals surface area contributed by atoms with Crippen LogP contribution in [0.25, 0.3) is 0 Å². The first kappa shape index (κ1) is 14.2. The number of rotatable bonds is 7. The molecule has 0 radical (unpaired) electrons. The van der Waals surface area contributed by atoms with Crippen molar-refractivity contribution in [1.82, 2.24) is 0 Å². The maximum Gasteiger partial charge on any atom is 0.330 e. The smallest absolute Gasteiger partial charge is 0.330 e. The highest BCUT2D eigenvalue weighted by molar-refractivity contribution is 5.81. The highest BCUT2D eigenvalue weighted by Crippen LogP contribution is 2.34. The van der Waals surface area contributed by atoms with Gasteiger partial charge in [-0.3, -0.25) is 0 Å². The summed E-state index contributed by atoms with van der Waals surface area (Å²) in [5.41, 5.74) is 0.0919. The summed E-state index contributed by atoms with van der Waals surface area (Å²) in [5, 5.41) is 0. The molecule has 0 aliphatic heterocycles. The summed E-state index contributed by atoms with van der Waals surface area (Å²) in [6, 6.07) is 0. The van der Waals surface area contributed by atoms with Gasteiger partial charge in [-0.05, 0) is 19.3 Å². The van der Waals surface area contributed by atoms with Gasteiger partial charge in [0.15, 0.2) is 0 Å². The Hall–Kier alpha value is -0.790. The molecular formula is C13H24O2. The third-order valence-electron chi connectivity index (χ3n) is 3.37. The van der Waals surface area contributed by atoms with Crippen LogP contribution in [0.2, 0.25) is 0 Å². The Morgan fingerprint density at radius 3 is 2.27 bits per heavy atom. The van der Waals surface area contributed by atoms with Crippen LogP contribution in [0.1, 0.15) is 53.4 Å². The molecule has 0 aliphatic carbocycles. The van der Waals surface area contributed by atoms with Crippen molar-refractivity contribution in [3.8, 4) is 0 Å². The van der Waals surface area contributed by atoms with Gasteiger partial charge in [0.25, 0.3) is 0 Å². The first-order valence-corrected chi connectivity index (χ1v) is 5.87. The predicted octanol–water partition coefficient (Wildman–Crippen LogP) is 3.71. The minimum absolute atomic E-state index is 0.0167. The molecule has 0 rings (SSSR count). The minimum Gasteiger partial charge on any atom is -0.459 e. The third-order valence-corrected chi connectivity index (χ3v) is 3.37. The monoisotopic (exact) mass is 212 g/mol. The van der Waals surface area contributed by atoms with Crippen LogP contribution in [0.5, 0.6) is 0 Å². The van der Waals surface area contributed by atoms with Crippen molar-refractivity contribution in [1.29, 1.82) is 0 Å². The normalized spacial score (nSPS) is 13.3. The predicted molar refractivity (Wildman–Crippen MR) is 63.7 cm³/mol. The van der Waals surface area contributed by atoms with Crippen molar-refractivity contribution in [3.05, 3.63) is 12.7 Å². The second-order valence-electron chi connectivity index (χ2n) is 4.28. The summed E-state index contributed by atoms with van der Waals surface area (Å²) in [7, 11) is 0. The average Bonchev–Trinajstić information content (AvgIpc) is 2.27. The molecular weight excluding hydrogens is 188 g/mol. The van der Waals surface area contributed by atoms with Gasteiger partial charge in [-0.15, -0.1) is 0 Å². The quantitative estimate of drug-likeness (QED) is 0.475. The molecule has 0 spiro atoms. The van der Waals surface area contributed by atoms with Crippen LogP contribution in [0.3, 0.4) is 0 Å². The average molecular weight is 212 g/mol. The van der Waals surface area contributed by atoms with Crippen LogP contribution in [0.4, 0.5) is 0 Å². The van der Waals surface area contributed by atoms with Crippen molar-refractivity contribution in [3.63, 3.8) is 0 Å². The molecule has 0 aromatic heterocycles. The summed E-state index contributed by atoms with van der Waals surface area (Å²) in [5.74, 6) is -0.304. The molecule has 1 unspecified atom stereocenters. The summed E-state index contributed by atoms with van der Waals surface area (Å²) in [6.45, 7) is 12.0. The van der Waals surface area contributed by atoms with Crippen molar-refractivity contribution in [2.45, 2.75) is 59.5 Å². The summed E-state index contributed by atoms with van der Waals surface area (Å²) < 4.78 is 5.43. The van der Waals surface area contributed by atoms with Gasteiger partial charge in [0.2, 0.25) is 0 Å². The highest BCUT2D eigenvalue weighted by atomic mass is 16.5. The summed E-state index contributed by atoms with van der Waals surface area (Å²) >= 11 is 0. The van der Waals surface area contributed by atoms with E-state index in [0.29, 0.717) is 0 Å². The molecule has 15 heavy (non-hydrogen) atoms. The SMILES string of the molecule is C=CC(=O)OC(CCC)C(C)(CC)CC. The molecule has 1 atom stereocenters. The number of carbonyl (C=O) groups excluding carboxylic acids is 1. The molecule has 0 aliphatic rings. The van der Waals surface area contributed by atoms with Gasteiger partial charge in [0.1, 0.15) is 6.10 Å². The molecule has 0 aromatic rings. The van der Waals surface area contributed by atoms with Crippen LogP contribution < -0.4 is 0 Å². The van der Waals surface area contributed by atoms with E-state index in [9.17, 15) is 4.79 Å². The van der Waals surface area contributed by atoms with E-state index in [1.807, 2.05) is 0 Å². The lowest BCUT2D eigenvalue weighted by atomic mass is 9.77. The maximum absolute atomic E-state index is 11.2. The van der Waals surface area contributed by atoms with Gasteiger partial charge < -0.3 is 4.74 Å². The van der Waals surface area contributed by atoms with Crippen molar-refractivity contribution in [2.75, 3.05) is 0 Å². The van der Waals surface area contributed by atoms with Gasteiger partial charge in [-0.25, -0.2) is 4.79 Å². The van der Waals surface area contributed by atoms with Crippen LogP contribution in [-0.4, -0.2) is 12.1 Å². The van der Waals surface area contributed by atoms with Crippen molar-refractivity contribution < 1.29 is 9.53 Å². The standard InChI is InChI=1S/C13H24O2/c1-6-10-11(15-12(14)7-2)13(5,8-3)9-4/h7,11H,2,6,8-10H2,1,3-5H3. The second kappa shape index (κ2) is 6.65. The van der Waals surface area contributed by atoms with Gasteiger partial charge in [-0.1, -0.05) is 40.7 Å². The lowest BCUT2D eigenvalue weighted by Gasteiger charge is -2.35. The van der Waals surface area contributed by atoms with Gasteiger partial charge in [0, 0.05) is 11.5 Å². The summed E-state index contributed by atoms with van der Waals surface area (Å²) in [4.78, 5) is 11.2. The lowest BCUT2D eigenvalue weighted by Crippen LogP contribution is -2.35. The zero-order chi connectivity index (χ0) is 11.9. The largest absolute Gasteiger partial charge is 0.459 e. The molecule has 0 heterocycles. The number of hydrogen-bond donors (Lipinski definition) is 0. The maximum atomic E-state index is 11.2. The van der Waals surface area contributed by atoms with Crippen LogP contribution >= 0.6 is 0 Å². The Kier molecular flexibility index (Phi) is 6.30. The van der Waals surface area contributed by atoms with E-state index in [0.717, 1.165) is 25.7 Å². The van der Waals surface area contributed by atoms with E-state index in [4.69, 9.17) is 4.74 Å². The Morgan fingerprint density at radius 1 is 1.40 bits per heavy atom. The fraction of sp³-hybridized carbons (Fsp3) is 0.769. The molecule has 2 nitrogen and oxygen atoms in total. The van der Waals surface area contributed by atoms with Gasteiger partial charge >= 0.3 is 5.97 Å². The lowest BCUT2D eigenvalue weighted by molar-refractivity contribution is -0.150. The van der Waals surface area contributed by atoms with E-state index >= 15 is 0 Å². The van der Waals surface area contributed by atoms with Crippen molar-refractivity contribution in [2.24, 2.45) is 5.41 Å². The van der Waals surface area contributed by atoms with E-state index in [1.54, 1.807) is 0 Å². The van der Waals surface area contributed by atoms with Crippen molar-refractivity contribution >= 4 is 5.97 Å². The van der Waals surface area contributed by atoms with E-state index < -0.39 is 0 Å². The second-order valence-corrected chi connectivity index (χ2v) is 4.28. The van der Waals surface area contributed by atoms with Gasteiger partial charge in [0.05, 0.1) is 0 Å². The first-order valence-electron chi connectivity index (χ1n) is 5.87. The molecule has 0 N–H and O–H groups in total. The Morgan fingerprint density at radius 2 is 1.93 bits per heavy atom. The topological polar surface area (TPSA) is 26.3 Å². The van der Waals surface area contributed by atoms with E-state index in [1.165, 1.54) is 6.08 Å². The van der Waals surface area contributed by atoms with E-state index in [-0.39, 0.29) is 17.5 Å². The fourth-order valence-electron chi connectivity index (χ4n) is 1.71. The highest BCUT2D eigenvalue weighted by Gasteiger charge is 2.32. The molecule has 88 valence electrons. The van der Waals surface area contributed by atoms with Gasteiger partial charge in [-0.2, -0.15) is 0 Å². The molecule has 0 bridgehead atoms. The Bertz CT molecular complexity index is 205. The summed E-state index contributed by atoms with van der Waals surface area (Å²) in [6.07, 6.45) is 5.27. The van der Waals surface area contributed by atoms with Crippen LogP contribution in [0.15, 0.2) is 12.7 Å². The number of ether oxygens (including phenoxy) is 1. The minimum atomic E-state index is -0.304. The molecule has 0 saturated carbocycles. The third kappa shape index (κ3) is 4.06. The van der Waals surface area contributed by atoms with Crippen LogP contribution in [-0.2, 0) is 9.53 Å². The molecule has 0 aromatic carbocycles. The molecule has 0 amide bonds. The number of carbonyl (C=O) groups is 1. The fourth-order valence-corrected chi connectivity index (χ4v) is 1.71. The van der Waals surface area contributed by atoms with E-state index in [2.05, 4.69) is 34.3 Å². The zero-order valence-corrected chi connectivity index (χ0v) is 10.5. The zero-order valence-electron chi connectivity index (χ0n) is 10.5. The molecule has 0 fully saturated rings. The first-order chi connectivity index (χ1) is 7.03.